The molecule has 0 unspecified atom stereocenters. The molecule has 6 heteroatoms. The molecule has 0 atom stereocenters. The summed E-state index contributed by atoms with van der Waals surface area (Å²) in [5, 5.41) is 15.0. The van der Waals surface area contributed by atoms with E-state index in [1.165, 1.54) is 0 Å². The van der Waals surface area contributed by atoms with Crippen LogP contribution in [0.5, 0.6) is 0 Å². The molecule has 1 aromatic carbocycles. The van der Waals surface area contributed by atoms with E-state index in [1.807, 2.05) is 0 Å². The molecule has 6 nitrogen and oxygen atoms in total. The molecule has 0 saturated heterocycles. The first-order valence-corrected chi connectivity index (χ1v) is 8.47. The molecule has 3 N–H and O–H groups in total. The van der Waals surface area contributed by atoms with Crippen LogP contribution in [0.15, 0.2) is 24.3 Å². The van der Waals surface area contributed by atoms with Crippen molar-refractivity contribution in [3.63, 3.8) is 0 Å². The fourth-order valence-corrected chi connectivity index (χ4v) is 3.13. The number of hydrogen-bond acceptors (Lipinski definition) is 3. The van der Waals surface area contributed by atoms with E-state index in [1.54, 1.807) is 24.3 Å². The fraction of sp³-hybridized carbons (Fsp3) is 0.500. The summed E-state index contributed by atoms with van der Waals surface area (Å²) in [6.45, 7) is 0. The Balaban J connectivity index is 1.65. The highest BCUT2D eigenvalue weighted by Gasteiger charge is 2.41. The molecule has 0 aliphatic heterocycles. The normalized spacial score (nSPS) is 19.3. The second kappa shape index (κ2) is 6.63. The molecule has 0 spiro atoms. The number of benzene rings is 1. The van der Waals surface area contributed by atoms with E-state index in [0.29, 0.717) is 24.1 Å². The summed E-state index contributed by atoms with van der Waals surface area (Å²) < 4.78 is 0. The average molecular weight is 330 g/mol. The summed E-state index contributed by atoms with van der Waals surface area (Å²) in [4.78, 5) is 35.8. The highest BCUT2D eigenvalue weighted by molar-refractivity contribution is 5.99. The maximum absolute atomic E-state index is 12.4. The predicted molar refractivity (Wildman–Crippen MR) is 88.7 cm³/mol. The van der Waals surface area contributed by atoms with E-state index in [-0.39, 0.29) is 17.7 Å². The van der Waals surface area contributed by atoms with Crippen LogP contribution in [-0.2, 0) is 9.59 Å². The van der Waals surface area contributed by atoms with Crippen LogP contribution < -0.4 is 10.6 Å². The van der Waals surface area contributed by atoms with Crippen LogP contribution in [0.3, 0.4) is 0 Å². The van der Waals surface area contributed by atoms with Crippen molar-refractivity contribution in [1.29, 1.82) is 0 Å². The lowest BCUT2D eigenvalue weighted by Crippen LogP contribution is -2.55. The quantitative estimate of drug-likeness (QED) is 0.773. The van der Waals surface area contributed by atoms with Crippen molar-refractivity contribution in [2.45, 2.75) is 50.5 Å². The monoisotopic (exact) mass is 330 g/mol. The van der Waals surface area contributed by atoms with Gasteiger partial charge in [-0.2, -0.15) is 0 Å². The largest absolute Gasteiger partial charge is 0.480 e. The second-order valence-electron chi connectivity index (χ2n) is 6.74. The molecule has 2 amide bonds. The lowest BCUT2D eigenvalue weighted by Gasteiger charge is -2.34. The topological polar surface area (TPSA) is 95.5 Å². The zero-order valence-corrected chi connectivity index (χ0v) is 13.5. The first kappa shape index (κ1) is 16.5. The Kier molecular flexibility index (Phi) is 4.55. The summed E-state index contributed by atoms with van der Waals surface area (Å²) in [6, 6.07) is 6.56. The molecular formula is C18H22N2O4. The highest BCUT2D eigenvalue weighted by Crippen LogP contribution is 2.30. The molecule has 1 aromatic rings. The van der Waals surface area contributed by atoms with E-state index >= 15 is 0 Å². The third-order valence-electron chi connectivity index (χ3n) is 4.83. The zero-order chi connectivity index (χ0) is 17.2. The van der Waals surface area contributed by atoms with Crippen molar-refractivity contribution < 1.29 is 19.5 Å². The molecule has 2 aliphatic rings. The van der Waals surface area contributed by atoms with Crippen LogP contribution in [0.25, 0.3) is 0 Å². The Morgan fingerprint density at radius 2 is 1.62 bits per heavy atom. The smallest absolute Gasteiger partial charge is 0.329 e. The molecular weight excluding hydrogens is 308 g/mol. The van der Waals surface area contributed by atoms with Gasteiger partial charge < -0.3 is 15.7 Å². The molecule has 2 fully saturated rings. The van der Waals surface area contributed by atoms with Crippen molar-refractivity contribution in [2.75, 3.05) is 5.32 Å². The van der Waals surface area contributed by atoms with Gasteiger partial charge in [-0.15, -0.1) is 0 Å². The molecule has 128 valence electrons. The Labute approximate surface area is 140 Å². The first-order chi connectivity index (χ1) is 11.5. The van der Waals surface area contributed by atoms with E-state index in [4.69, 9.17) is 0 Å². The summed E-state index contributed by atoms with van der Waals surface area (Å²) >= 11 is 0. The van der Waals surface area contributed by atoms with Gasteiger partial charge >= 0.3 is 5.97 Å². The minimum Gasteiger partial charge on any atom is -0.480 e. The molecule has 0 radical (unpaired) electrons. The number of carbonyl (C=O) groups is 3. The van der Waals surface area contributed by atoms with Crippen LogP contribution in [0, 0.1) is 5.92 Å². The van der Waals surface area contributed by atoms with Crippen molar-refractivity contribution in [2.24, 2.45) is 5.92 Å². The van der Waals surface area contributed by atoms with Gasteiger partial charge in [0.2, 0.25) is 5.91 Å². The van der Waals surface area contributed by atoms with Crippen LogP contribution in [-0.4, -0.2) is 28.4 Å². The highest BCUT2D eigenvalue weighted by atomic mass is 16.4. The third kappa shape index (κ3) is 3.58. The van der Waals surface area contributed by atoms with E-state index in [2.05, 4.69) is 10.6 Å². The number of anilines is 1. The molecule has 3 rings (SSSR count). The van der Waals surface area contributed by atoms with Gasteiger partial charge in [0.05, 0.1) is 0 Å². The Morgan fingerprint density at radius 1 is 1.00 bits per heavy atom. The number of hydrogen-bond donors (Lipinski definition) is 3. The summed E-state index contributed by atoms with van der Waals surface area (Å²) in [5.74, 6) is -1.22. The maximum atomic E-state index is 12.4. The summed E-state index contributed by atoms with van der Waals surface area (Å²) in [6.07, 6.45) is 5.40. The number of carboxylic acid groups (broad SMARTS) is 1. The number of amides is 2. The van der Waals surface area contributed by atoms with Gasteiger partial charge in [-0.1, -0.05) is 19.3 Å². The molecule has 0 aromatic heterocycles. The standard InChI is InChI=1S/C18H22N2O4/c21-15(12-4-5-12)19-14-8-6-13(7-9-14)16(22)20-18(17(23)24)10-2-1-3-11-18/h6-9,12H,1-5,10-11H2,(H,19,21)(H,20,22)(H,23,24). The number of rotatable bonds is 5. The number of carbonyl (C=O) groups excluding carboxylic acids is 2. The molecule has 2 saturated carbocycles. The average Bonchev–Trinajstić information content (AvgIpc) is 3.41. The Hall–Kier alpha value is -2.37. The Morgan fingerprint density at radius 3 is 2.17 bits per heavy atom. The van der Waals surface area contributed by atoms with Crippen molar-refractivity contribution in [1.82, 2.24) is 5.32 Å². The van der Waals surface area contributed by atoms with Gasteiger partial charge in [0.15, 0.2) is 0 Å². The number of carboxylic acids is 1. The second-order valence-corrected chi connectivity index (χ2v) is 6.74. The SMILES string of the molecule is O=C(NC1(C(=O)O)CCCCC1)c1ccc(NC(=O)C2CC2)cc1. The van der Waals surface area contributed by atoms with E-state index < -0.39 is 11.5 Å². The van der Waals surface area contributed by atoms with Gasteiger partial charge in [0.1, 0.15) is 5.54 Å². The molecule has 2 aliphatic carbocycles. The minimum atomic E-state index is -1.16. The zero-order valence-electron chi connectivity index (χ0n) is 13.5. The lowest BCUT2D eigenvalue weighted by atomic mass is 9.81. The van der Waals surface area contributed by atoms with Crippen molar-refractivity contribution in [3.05, 3.63) is 29.8 Å². The van der Waals surface area contributed by atoms with Crippen LogP contribution in [0.1, 0.15) is 55.3 Å². The predicted octanol–water partition coefficient (Wildman–Crippen LogP) is 2.55. The van der Waals surface area contributed by atoms with Gasteiger partial charge in [-0.3, -0.25) is 9.59 Å². The van der Waals surface area contributed by atoms with Crippen LogP contribution >= 0.6 is 0 Å². The maximum Gasteiger partial charge on any atom is 0.329 e. The molecule has 0 bridgehead atoms. The van der Waals surface area contributed by atoms with Gasteiger partial charge in [-0.25, -0.2) is 4.79 Å². The van der Waals surface area contributed by atoms with E-state index in [0.717, 1.165) is 32.1 Å². The lowest BCUT2D eigenvalue weighted by molar-refractivity contribution is -0.145. The third-order valence-corrected chi connectivity index (χ3v) is 4.83. The minimum absolute atomic E-state index is 0.0132. The van der Waals surface area contributed by atoms with Gasteiger partial charge in [0, 0.05) is 17.2 Å². The van der Waals surface area contributed by atoms with E-state index in [9.17, 15) is 19.5 Å². The van der Waals surface area contributed by atoms with Gasteiger partial charge in [0.25, 0.3) is 5.91 Å². The molecule has 24 heavy (non-hydrogen) atoms. The van der Waals surface area contributed by atoms with Crippen LogP contribution in [0.2, 0.25) is 0 Å². The number of aliphatic carboxylic acids is 1. The fourth-order valence-electron chi connectivity index (χ4n) is 3.13. The van der Waals surface area contributed by atoms with Crippen LogP contribution in [0.4, 0.5) is 5.69 Å². The summed E-state index contributed by atoms with van der Waals surface area (Å²) in [5.41, 5.74) is -0.117. The Bertz CT molecular complexity index is 643. The van der Waals surface area contributed by atoms with Crippen molar-refractivity contribution in [3.8, 4) is 0 Å². The summed E-state index contributed by atoms with van der Waals surface area (Å²) in [7, 11) is 0. The van der Waals surface area contributed by atoms with Gasteiger partial charge in [-0.05, 0) is 49.9 Å². The van der Waals surface area contributed by atoms with Crippen molar-refractivity contribution >= 4 is 23.5 Å². The molecule has 0 heterocycles. The number of nitrogens with one attached hydrogen (secondary N) is 2. The first-order valence-electron chi connectivity index (χ1n) is 8.47.